The molecule has 3 heterocycles. The maximum atomic E-state index is 15.1. The predicted octanol–water partition coefficient (Wildman–Crippen LogP) is 1.11. The average Bonchev–Trinajstić information content (AvgIpc) is 3.04. The minimum absolute atomic E-state index is 0.0706. The van der Waals surface area contributed by atoms with E-state index in [0.717, 1.165) is 16.7 Å². The molecule has 0 atom stereocenters. The summed E-state index contributed by atoms with van der Waals surface area (Å²) in [6.07, 6.45) is 1.32. The third kappa shape index (κ3) is 3.84. The van der Waals surface area contributed by atoms with Gasteiger partial charge in [0.1, 0.15) is 12.3 Å². The van der Waals surface area contributed by atoms with Gasteiger partial charge in [0.15, 0.2) is 5.82 Å². The Kier molecular flexibility index (Phi) is 5.91. The molecule has 0 bridgehead atoms. The van der Waals surface area contributed by atoms with Crippen LogP contribution in [-0.2, 0) is 26.3 Å². The number of rotatable bonds is 5. The molecule has 0 radical (unpaired) electrons. The van der Waals surface area contributed by atoms with Crippen molar-refractivity contribution < 1.29 is 31.5 Å². The van der Waals surface area contributed by atoms with E-state index in [4.69, 9.17) is 9.47 Å². The molecule has 1 aliphatic rings. The zero-order valence-electron chi connectivity index (χ0n) is 14.9. The average molecular weight is 416 g/mol. The van der Waals surface area contributed by atoms with Crippen LogP contribution in [0.2, 0.25) is 0 Å². The molecule has 0 aliphatic carbocycles. The van der Waals surface area contributed by atoms with Crippen LogP contribution in [0.25, 0.3) is 11.3 Å². The van der Waals surface area contributed by atoms with Gasteiger partial charge in [0, 0.05) is 38.1 Å². The number of nitrogens with one attached hydrogen (secondary N) is 1. The number of nitrogens with zero attached hydrogens (tertiary/aromatic N) is 3. The Morgan fingerprint density at radius 2 is 2.07 bits per heavy atom. The van der Waals surface area contributed by atoms with Crippen molar-refractivity contribution in [3.63, 3.8) is 0 Å². The van der Waals surface area contributed by atoms with Gasteiger partial charge >= 0.3 is 16.3 Å². The molecule has 2 aromatic rings. The van der Waals surface area contributed by atoms with Gasteiger partial charge in [-0.15, -0.1) is 0 Å². The zero-order chi connectivity index (χ0) is 20.3. The summed E-state index contributed by atoms with van der Waals surface area (Å²) in [6.45, 7) is -0.0211. The summed E-state index contributed by atoms with van der Waals surface area (Å²) in [5, 5.41) is 2.20. The Morgan fingerprint density at radius 3 is 2.71 bits per heavy atom. The first-order valence-electron chi connectivity index (χ1n) is 8.29. The number of amides is 1. The van der Waals surface area contributed by atoms with Gasteiger partial charge in [-0.3, -0.25) is 0 Å². The maximum Gasteiger partial charge on any atom is 0.407 e. The van der Waals surface area contributed by atoms with Crippen LogP contribution in [0.5, 0.6) is 0 Å². The molecule has 1 N–H and O–H groups in total. The number of carbonyl (C=O) groups excluding carboxylic acids is 1. The summed E-state index contributed by atoms with van der Waals surface area (Å²) < 4.78 is 67.1. The van der Waals surface area contributed by atoms with Gasteiger partial charge in [-0.05, 0) is 12.1 Å². The molecular weight excluding hydrogens is 398 g/mol. The molecule has 2 aromatic heterocycles. The van der Waals surface area contributed by atoms with Gasteiger partial charge < -0.3 is 14.8 Å². The topological polar surface area (TPSA) is 103 Å². The summed E-state index contributed by atoms with van der Waals surface area (Å²) in [5.74, 6) is -2.05. The molecule has 1 fully saturated rings. The van der Waals surface area contributed by atoms with Gasteiger partial charge in [0.25, 0.3) is 0 Å². The monoisotopic (exact) mass is 416 g/mol. The number of halogens is 2. The van der Waals surface area contributed by atoms with Crippen molar-refractivity contribution in [2.45, 2.75) is 6.61 Å². The number of carbonyl (C=O) groups is 1. The molecule has 0 saturated carbocycles. The number of morpholine rings is 1. The van der Waals surface area contributed by atoms with E-state index in [9.17, 15) is 17.6 Å². The highest BCUT2D eigenvalue weighted by atomic mass is 32.2. The van der Waals surface area contributed by atoms with E-state index in [1.54, 1.807) is 0 Å². The Hall–Kier alpha value is -2.57. The van der Waals surface area contributed by atoms with Crippen LogP contribution in [-0.4, -0.2) is 61.1 Å². The highest BCUT2D eigenvalue weighted by molar-refractivity contribution is 7.87. The van der Waals surface area contributed by atoms with Gasteiger partial charge in [-0.25, -0.2) is 18.1 Å². The molecule has 0 unspecified atom stereocenters. The zero-order valence-corrected chi connectivity index (χ0v) is 15.7. The molecule has 0 spiro atoms. The van der Waals surface area contributed by atoms with E-state index >= 15 is 4.39 Å². The Labute approximate surface area is 160 Å². The fourth-order valence-corrected chi connectivity index (χ4v) is 4.24. The molecule has 152 valence electrons. The van der Waals surface area contributed by atoms with Crippen LogP contribution in [0.15, 0.2) is 24.5 Å². The standard InChI is InChI=1S/C16H18F2N4O5S/c1-19-16(23)27-10-11-9-22(28(24,25)21-5-7-26-8-6-21)14(13(11)17)12-3-2-4-20-15(12)18/h2-4,9H,5-8,10H2,1H3,(H,19,23). The number of alkyl carbamates (subject to hydrolysis) is 1. The predicted molar refractivity (Wildman–Crippen MR) is 93.5 cm³/mol. The summed E-state index contributed by atoms with van der Waals surface area (Å²) in [5.41, 5.74) is -1.07. The van der Waals surface area contributed by atoms with E-state index < -0.39 is 40.4 Å². The first-order chi connectivity index (χ1) is 13.4. The van der Waals surface area contributed by atoms with Crippen LogP contribution < -0.4 is 5.32 Å². The van der Waals surface area contributed by atoms with Crippen LogP contribution in [0, 0.1) is 11.8 Å². The molecule has 28 heavy (non-hydrogen) atoms. The first kappa shape index (κ1) is 20.2. The molecule has 12 heteroatoms. The first-order valence-corrected chi connectivity index (χ1v) is 9.69. The van der Waals surface area contributed by atoms with Gasteiger partial charge in [0.05, 0.1) is 18.8 Å². The van der Waals surface area contributed by atoms with E-state index in [0.29, 0.717) is 3.97 Å². The molecule has 0 aromatic carbocycles. The summed E-state index contributed by atoms with van der Waals surface area (Å²) in [4.78, 5) is 14.7. The third-order valence-corrected chi connectivity index (χ3v) is 5.91. The van der Waals surface area contributed by atoms with E-state index in [-0.39, 0.29) is 37.4 Å². The minimum Gasteiger partial charge on any atom is -0.445 e. The van der Waals surface area contributed by atoms with Crippen molar-refractivity contribution in [1.29, 1.82) is 0 Å². The Bertz CT molecular complexity index is 973. The fraction of sp³-hybridized carbons (Fsp3) is 0.375. The molecule has 9 nitrogen and oxygen atoms in total. The lowest BCUT2D eigenvalue weighted by Gasteiger charge is -2.27. The maximum absolute atomic E-state index is 15.1. The Balaban J connectivity index is 2.11. The second-order valence-corrected chi connectivity index (χ2v) is 7.61. The van der Waals surface area contributed by atoms with Crippen LogP contribution in [0.1, 0.15) is 5.56 Å². The van der Waals surface area contributed by atoms with Crippen molar-refractivity contribution >= 4 is 16.3 Å². The van der Waals surface area contributed by atoms with E-state index in [1.807, 2.05) is 0 Å². The summed E-state index contributed by atoms with van der Waals surface area (Å²) in [6, 6.07) is 2.58. The molecular formula is C16H18F2N4O5S. The van der Waals surface area contributed by atoms with Crippen molar-refractivity contribution in [1.82, 2.24) is 18.6 Å². The lowest BCUT2D eigenvalue weighted by molar-refractivity contribution is 0.0726. The number of hydrogen-bond acceptors (Lipinski definition) is 6. The van der Waals surface area contributed by atoms with E-state index in [1.165, 1.54) is 19.2 Å². The Morgan fingerprint density at radius 1 is 1.36 bits per heavy atom. The lowest BCUT2D eigenvalue weighted by Crippen LogP contribution is -2.43. The van der Waals surface area contributed by atoms with Crippen molar-refractivity contribution in [3.8, 4) is 11.3 Å². The smallest absolute Gasteiger partial charge is 0.407 e. The third-order valence-electron chi connectivity index (χ3n) is 4.11. The SMILES string of the molecule is CNC(=O)OCc1cn(S(=O)(=O)N2CCOCC2)c(-c2cccnc2F)c1F. The number of hydrogen-bond donors (Lipinski definition) is 1. The van der Waals surface area contributed by atoms with Crippen molar-refractivity contribution in [2.24, 2.45) is 0 Å². The van der Waals surface area contributed by atoms with Gasteiger partial charge in [-0.2, -0.15) is 17.1 Å². The largest absolute Gasteiger partial charge is 0.445 e. The summed E-state index contributed by atoms with van der Waals surface area (Å²) >= 11 is 0. The lowest BCUT2D eigenvalue weighted by atomic mass is 10.2. The van der Waals surface area contributed by atoms with Gasteiger partial charge in [-0.1, -0.05) is 0 Å². The number of pyridine rings is 1. The highest BCUT2D eigenvalue weighted by Crippen LogP contribution is 2.31. The number of aromatic nitrogens is 2. The van der Waals surface area contributed by atoms with Gasteiger partial charge in [0.2, 0.25) is 5.95 Å². The molecule has 1 amide bonds. The van der Waals surface area contributed by atoms with Crippen molar-refractivity contribution in [3.05, 3.63) is 41.9 Å². The minimum atomic E-state index is -4.22. The molecule has 1 saturated heterocycles. The highest BCUT2D eigenvalue weighted by Gasteiger charge is 2.32. The molecule has 3 rings (SSSR count). The second-order valence-electron chi connectivity index (χ2n) is 5.80. The quantitative estimate of drug-likeness (QED) is 0.733. The fourth-order valence-electron chi connectivity index (χ4n) is 2.71. The van der Waals surface area contributed by atoms with E-state index in [2.05, 4.69) is 10.3 Å². The normalized spacial score (nSPS) is 15.4. The molecule has 1 aliphatic heterocycles. The van der Waals surface area contributed by atoms with Crippen LogP contribution >= 0.6 is 0 Å². The van der Waals surface area contributed by atoms with Crippen LogP contribution in [0.3, 0.4) is 0 Å². The van der Waals surface area contributed by atoms with Crippen LogP contribution in [0.4, 0.5) is 13.6 Å². The number of ether oxygens (including phenoxy) is 2. The van der Waals surface area contributed by atoms with Crippen molar-refractivity contribution in [2.75, 3.05) is 33.4 Å². The summed E-state index contributed by atoms with van der Waals surface area (Å²) in [7, 11) is -2.90. The second kappa shape index (κ2) is 8.20.